The van der Waals surface area contributed by atoms with E-state index in [1.807, 2.05) is 24.3 Å². The van der Waals surface area contributed by atoms with Gasteiger partial charge in [0.2, 0.25) is 0 Å². The van der Waals surface area contributed by atoms with E-state index in [-0.39, 0.29) is 5.91 Å². The molecule has 4 nitrogen and oxygen atoms in total. The largest absolute Gasteiger partial charge is 0.382 e. The standard InChI is InChI=1S/C15H17N3O/c1-11(2)17-13-8-9-14(16-10-13)18-15(19)12-6-4-3-5-7-12/h3-11,17H,1-2H3,(H,16,18,19). The summed E-state index contributed by atoms with van der Waals surface area (Å²) in [6, 6.07) is 13.1. The minimum Gasteiger partial charge on any atom is -0.382 e. The second kappa shape index (κ2) is 6.00. The van der Waals surface area contributed by atoms with Crippen LogP contribution in [0.25, 0.3) is 0 Å². The molecule has 0 spiro atoms. The maximum atomic E-state index is 11.9. The van der Waals surface area contributed by atoms with Crippen LogP contribution in [0.1, 0.15) is 24.2 Å². The number of benzene rings is 1. The van der Waals surface area contributed by atoms with Crippen molar-refractivity contribution in [3.8, 4) is 0 Å². The molecule has 0 unspecified atom stereocenters. The third kappa shape index (κ3) is 3.81. The normalized spacial score (nSPS) is 10.3. The first kappa shape index (κ1) is 13.1. The predicted molar refractivity (Wildman–Crippen MR) is 77.4 cm³/mol. The van der Waals surface area contributed by atoms with Crippen molar-refractivity contribution < 1.29 is 4.79 Å². The Kier molecular flexibility index (Phi) is 4.13. The summed E-state index contributed by atoms with van der Waals surface area (Å²) in [6.45, 7) is 4.12. The third-order valence-electron chi connectivity index (χ3n) is 2.50. The minimum atomic E-state index is -0.155. The first-order chi connectivity index (χ1) is 9.15. The molecule has 1 heterocycles. The fraction of sp³-hybridized carbons (Fsp3) is 0.200. The molecule has 0 aliphatic heterocycles. The molecule has 0 aliphatic rings. The topological polar surface area (TPSA) is 54.0 Å². The molecule has 2 N–H and O–H groups in total. The van der Waals surface area contributed by atoms with E-state index < -0.39 is 0 Å². The average Bonchev–Trinajstić information content (AvgIpc) is 2.41. The fourth-order valence-corrected chi connectivity index (χ4v) is 1.66. The minimum absolute atomic E-state index is 0.155. The molecular weight excluding hydrogens is 238 g/mol. The lowest BCUT2D eigenvalue weighted by molar-refractivity contribution is 0.102. The van der Waals surface area contributed by atoms with Crippen LogP contribution in [0.5, 0.6) is 0 Å². The Bertz CT molecular complexity index is 535. The van der Waals surface area contributed by atoms with Gasteiger partial charge in [0, 0.05) is 11.6 Å². The van der Waals surface area contributed by atoms with Crippen molar-refractivity contribution in [2.75, 3.05) is 10.6 Å². The Morgan fingerprint density at radius 1 is 1.11 bits per heavy atom. The quantitative estimate of drug-likeness (QED) is 0.882. The van der Waals surface area contributed by atoms with Gasteiger partial charge in [0.05, 0.1) is 11.9 Å². The molecule has 1 aromatic heterocycles. The van der Waals surface area contributed by atoms with Gasteiger partial charge in [-0.2, -0.15) is 0 Å². The maximum Gasteiger partial charge on any atom is 0.256 e. The second-order valence-electron chi connectivity index (χ2n) is 4.55. The zero-order valence-electron chi connectivity index (χ0n) is 11.1. The molecule has 0 aliphatic carbocycles. The van der Waals surface area contributed by atoms with Crippen LogP contribution in [0.2, 0.25) is 0 Å². The number of aromatic nitrogens is 1. The molecule has 0 saturated carbocycles. The van der Waals surface area contributed by atoms with E-state index in [2.05, 4.69) is 29.5 Å². The number of carbonyl (C=O) groups excluding carboxylic acids is 1. The summed E-state index contributed by atoms with van der Waals surface area (Å²) in [5.41, 5.74) is 1.56. The second-order valence-corrected chi connectivity index (χ2v) is 4.55. The van der Waals surface area contributed by atoms with Crippen LogP contribution in [0.4, 0.5) is 11.5 Å². The SMILES string of the molecule is CC(C)Nc1ccc(NC(=O)c2ccccc2)nc1. The molecule has 0 radical (unpaired) electrons. The summed E-state index contributed by atoms with van der Waals surface area (Å²) in [4.78, 5) is 16.1. The van der Waals surface area contributed by atoms with Crippen molar-refractivity contribution in [2.45, 2.75) is 19.9 Å². The van der Waals surface area contributed by atoms with Crippen molar-refractivity contribution in [1.82, 2.24) is 4.98 Å². The molecule has 1 amide bonds. The van der Waals surface area contributed by atoms with Gasteiger partial charge in [-0.15, -0.1) is 0 Å². The van der Waals surface area contributed by atoms with Crippen LogP contribution in [0.15, 0.2) is 48.7 Å². The van der Waals surface area contributed by atoms with E-state index in [1.54, 1.807) is 24.4 Å². The van der Waals surface area contributed by atoms with Crippen LogP contribution < -0.4 is 10.6 Å². The highest BCUT2D eigenvalue weighted by Crippen LogP contribution is 2.11. The Hall–Kier alpha value is -2.36. The number of nitrogens with one attached hydrogen (secondary N) is 2. The van der Waals surface area contributed by atoms with Crippen molar-refractivity contribution in [1.29, 1.82) is 0 Å². The van der Waals surface area contributed by atoms with Gasteiger partial charge in [0.25, 0.3) is 5.91 Å². The van der Waals surface area contributed by atoms with Gasteiger partial charge >= 0.3 is 0 Å². The molecule has 98 valence electrons. The smallest absolute Gasteiger partial charge is 0.256 e. The van der Waals surface area contributed by atoms with Gasteiger partial charge in [-0.25, -0.2) is 4.98 Å². The molecule has 0 saturated heterocycles. The van der Waals surface area contributed by atoms with Crippen LogP contribution in [-0.2, 0) is 0 Å². The van der Waals surface area contributed by atoms with Gasteiger partial charge in [0.15, 0.2) is 0 Å². The molecule has 0 fully saturated rings. The molecular formula is C15H17N3O. The molecule has 2 rings (SSSR count). The molecule has 0 atom stereocenters. The zero-order chi connectivity index (χ0) is 13.7. The van der Waals surface area contributed by atoms with Gasteiger partial charge in [-0.05, 0) is 38.1 Å². The number of hydrogen-bond acceptors (Lipinski definition) is 3. The van der Waals surface area contributed by atoms with Crippen LogP contribution >= 0.6 is 0 Å². The van der Waals surface area contributed by atoms with Gasteiger partial charge in [-0.1, -0.05) is 18.2 Å². The van der Waals surface area contributed by atoms with E-state index in [1.165, 1.54) is 0 Å². The van der Waals surface area contributed by atoms with E-state index in [0.717, 1.165) is 5.69 Å². The van der Waals surface area contributed by atoms with Crippen molar-refractivity contribution in [3.63, 3.8) is 0 Å². The number of anilines is 2. The van der Waals surface area contributed by atoms with Gasteiger partial charge < -0.3 is 10.6 Å². The van der Waals surface area contributed by atoms with Crippen LogP contribution in [-0.4, -0.2) is 16.9 Å². The first-order valence-electron chi connectivity index (χ1n) is 6.24. The van der Waals surface area contributed by atoms with Crippen molar-refractivity contribution in [3.05, 3.63) is 54.2 Å². The maximum absolute atomic E-state index is 11.9. The summed E-state index contributed by atoms with van der Waals surface area (Å²) < 4.78 is 0. The zero-order valence-corrected chi connectivity index (χ0v) is 11.1. The lowest BCUT2D eigenvalue weighted by Gasteiger charge is -2.10. The Balaban J connectivity index is 2.02. The number of amides is 1. The molecule has 0 bridgehead atoms. The molecule has 2 aromatic rings. The van der Waals surface area contributed by atoms with Crippen LogP contribution in [0, 0.1) is 0 Å². The van der Waals surface area contributed by atoms with Crippen LogP contribution in [0.3, 0.4) is 0 Å². The highest BCUT2D eigenvalue weighted by molar-refractivity contribution is 6.03. The third-order valence-corrected chi connectivity index (χ3v) is 2.50. The average molecular weight is 255 g/mol. The Labute approximate surface area is 112 Å². The van der Waals surface area contributed by atoms with E-state index in [0.29, 0.717) is 17.4 Å². The summed E-state index contributed by atoms with van der Waals surface area (Å²) in [6.07, 6.45) is 1.71. The molecule has 4 heteroatoms. The first-order valence-corrected chi connectivity index (χ1v) is 6.24. The highest BCUT2D eigenvalue weighted by Gasteiger charge is 2.05. The molecule has 1 aromatic carbocycles. The summed E-state index contributed by atoms with van der Waals surface area (Å²) in [5.74, 6) is 0.390. The van der Waals surface area contributed by atoms with Gasteiger partial charge in [0.1, 0.15) is 5.82 Å². The summed E-state index contributed by atoms with van der Waals surface area (Å²) >= 11 is 0. The lowest BCUT2D eigenvalue weighted by atomic mass is 10.2. The number of hydrogen-bond donors (Lipinski definition) is 2. The highest BCUT2D eigenvalue weighted by atomic mass is 16.1. The summed E-state index contributed by atoms with van der Waals surface area (Å²) in [7, 11) is 0. The molecule has 19 heavy (non-hydrogen) atoms. The predicted octanol–water partition coefficient (Wildman–Crippen LogP) is 3.15. The number of carbonyl (C=O) groups is 1. The number of rotatable bonds is 4. The fourth-order valence-electron chi connectivity index (χ4n) is 1.66. The van der Waals surface area contributed by atoms with Gasteiger partial charge in [-0.3, -0.25) is 4.79 Å². The summed E-state index contributed by atoms with van der Waals surface area (Å²) in [5, 5.41) is 6.00. The lowest BCUT2D eigenvalue weighted by Crippen LogP contribution is -2.13. The van der Waals surface area contributed by atoms with E-state index in [9.17, 15) is 4.79 Å². The Morgan fingerprint density at radius 2 is 1.84 bits per heavy atom. The van der Waals surface area contributed by atoms with E-state index in [4.69, 9.17) is 0 Å². The van der Waals surface area contributed by atoms with E-state index >= 15 is 0 Å². The Morgan fingerprint density at radius 3 is 2.42 bits per heavy atom. The van der Waals surface area contributed by atoms with Crippen molar-refractivity contribution >= 4 is 17.4 Å². The number of pyridine rings is 1. The van der Waals surface area contributed by atoms with Crippen molar-refractivity contribution in [2.24, 2.45) is 0 Å². The number of nitrogens with zero attached hydrogens (tertiary/aromatic N) is 1. The monoisotopic (exact) mass is 255 g/mol.